The molecule has 2 rings (SSSR count). The normalized spacial score (nSPS) is 12.8. The highest BCUT2D eigenvalue weighted by Gasteiger charge is 2.39. The molecule has 2 unspecified atom stereocenters. The first-order chi connectivity index (χ1) is 12.4. The zero-order valence-electron chi connectivity index (χ0n) is 13.3. The number of carbonyl (C=O) groups excluding carboxylic acids is 2. The van der Waals surface area contributed by atoms with E-state index in [2.05, 4.69) is 0 Å². The second kappa shape index (κ2) is 9.21. The Bertz CT molecular complexity index is 737. The summed E-state index contributed by atoms with van der Waals surface area (Å²) in [5.74, 6) is -2.94. The van der Waals surface area contributed by atoms with Gasteiger partial charge in [0.25, 0.3) is 0 Å². The van der Waals surface area contributed by atoms with Gasteiger partial charge in [0, 0.05) is 11.1 Å². The van der Waals surface area contributed by atoms with Crippen LogP contribution in [0, 0.1) is 0 Å². The highest BCUT2D eigenvalue weighted by atomic mass is 32.2. The maximum atomic E-state index is 12.3. The Morgan fingerprint density at radius 2 is 0.923 bits per heavy atom. The Morgan fingerprint density at radius 3 is 1.19 bits per heavy atom. The van der Waals surface area contributed by atoms with E-state index in [4.69, 9.17) is 0 Å². The van der Waals surface area contributed by atoms with Gasteiger partial charge in [0.1, 0.15) is 10.5 Å². The lowest BCUT2D eigenvalue weighted by Crippen LogP contribution is -2.37. The SMILES string of the molecule is O=C(SC(C(=O)O)C(SC(=O)c1ccccc1)C(=O)O)c1ccccc1. The third-order valence-electron chi connectivity index (χ3n) is 3.25. The van der Waals surface area contributed by atoms with E-state index in [9.17, 15) is 29.4 Å². The number of carboxylic acids is 2. The van der Waals surface area contributed by atoms with Gasteiger partial charge in [-0.1, -0.05) is 84.2 Å². The predicted octanol–water partition coefficient (Wildman–Crippen LogP) is 3.04. The molecule has 0 spiro atoms. The van der Waals surface area contributed by atoms with Gasteiger partial charge in [0.15, 0.2) is 0 Å². The summed E-state index contributed by atoms with van der Waals surface area (Å²) >= 11 is 0.774. The van der Waals surface area contributed by atoms with Crippen molar-refractivity contribution in [3.05, 3.63) is 71.8 Å². The maximum absolute atomic E-state index is 12.3. The minimum absolute atomic E-state index is 0.257. The topological polar surface area (TPSA) is 109 Å². The molecule has 0 bridgehead atoms. The number of rotatable bonds is 7. The largest absolute Gasteiger partial charge is 0.480 e. The third kappa shape index (κ3) is 5.21. The second-order valence-corrected chi connectivity index (χ2v) is 7.29. The molecule has 0 aliphatic carbocycles. The Labute approximate surface area is 157 Å². The van der Waals surface area contributed by atoms with Crippen LogP contribution < -0.4 is 0 Å². The highest BCUT2D eigenvalue weighted by molar-refractivity contribution is 8.18. The maximum Gasteiger partial charge on any atom is 0.318 e. The van der Waals surface area contributed by atoms with Crippen LogP contribution in [0.5, 0.6) is 0 Å². The lowest BCUT2D eigenvalue weighted by atomic mass is 10.2. The van der Waals surface area contributed by atoms with Crippen LogP contribution in [0.4, 0.5) is 0 Å². The van der Waals surface area contributed by atoms with Gasteiger partial charge in [-0.2, -0.15) is 0 Å². The average Bonchev–Trinajstić information content (AvgIpc) is 2.65. The lowest BCUT2D eigenvalue weighted by molar-refractivity contribution is -0.142. The Hall–Kier alpha value is -2.58. The zero-order chi connectivity index (χ0) is 19.1. The monoisotopic (exact) mass is 390 g/mol. The van der Waals surface area contributed by atoms with Crippen LogP contribution in [0.2, 0.25) is 0 Å². The van der Waals surface area contributed by atoms with E-state index < -0.39 is 32.7 Å². The van der Waals surface area contributed by atoms with Crippen LogP contribution in [-0.4, -0.2) is 42.9 Å². The van der Waals surface area contributed by atoms with Crippen LogP contribution in [0.25, 0.3) is 0 Å². The lowest BCUT2D eigenvalue weighted by Gasteiger charge is -2.18. The van der Waals surface area contributed by atoms with Crippen molar-refractivity contribution in [1.82, 2.24) is 0 Å². The molecule has 2 aromatic rings. The van der Waals surface area contributed by atoms with Crippen molar-refractivity contribution in [3.8, 4) is 0 Å². The van der Waals surface area contributed by atoms with Crippen molar-refractivity contribution < 1.29 is 29.4 Å². The van der Waals surface area contributed by atoms with Gasteiger partial charge >= 0.3 is 11.9 Å². The van der Waals surface area contributed by atoms with Crippen molar-refractivity contribution >= 4 is 45.7 Å². The third-order valence-corrected chi connectivity index (χ3v) is 5.78. The quantitative estimate of drug-likeness (QED) is 0.742. The summed E-state index contributed by atoms with van der Waals surface area (Å²) in [5.41, 5.74) is 0.513. The van der Waals surface area contributed by atoms with E-state index >= 15 is 0 Å². The molecule has 0 aromatic heterocycles. The van der Waals surface area contributed by atoms with Gasteiger partial charge < -0.3 is 10.2 Å². The molecular weight excluding hydrogens is 376 g/mol. The second-order valence-electron chi connectivity index (χ2n) is 5.06. The summed E-state index contributed by atoms with van der Waals surface area (Å²) in [6.07, 6.45) is 0. The number of hydrogen-bond donors (Lipinski definition) is 2. The van der Waals surface area contributed by atoms with Gasteiger partial charge in [0.2, 0.25) is 10.2 Å². The van der Waals surface area contributed by atoms with E-state index in [0.717, 1.165) is 0 Å². The van der Waals surface area contributed by atoms with Crippen molar-refractivity contribution in [3.63, 3.8) is 0 Å². The summed E-state index contributed by atoms with van der Waals surface area (Å²) in [7, 11) is 0. The van der Waals surface area contributed by atoms with Gasteiger partial charge in [-0.15, -0.1) is 0 Å². The van der Waals surface area contributed by atoms with Crippen LogP contribution in [0.1, 0.15) is 20.7 Å². The first-order valence-electron chi connectivity index (χ1n) is 7.38. The van der Waals surface area contributed by atoms with Crippen molar-refractivity contribution in [2.24, 2.45) is 0 Å². The molecular formula is C18H14O6S2. The fraction of sp³-hybridized carbons (Fsp3) is 0.111. The molecule has 0 radical (unpaired) electrons. The molecule has 0 aliphatic rings. The van der Waals surface area contributed by atoms with Gasteiger partial charge in [-0.3, -0.25) is 19.2 Å². The van der Waals surface area contributed by atoms with E-state index in [0.29, 0.717) is 23.5 Å². The Morgan fingerprint density at radius 1 is 0.615 bits per heavy atom. The average molecular weight is 390 g/mol. The molecule has 0 saturated heterocycles. The molecule has 0 aliphatic heterocycles. The summed E-state index contributed by atoms with van der Waals surface area (Å²) in [6, 6.07) is 15.9. The number of carboxylic acid groups (broad SMARTS) is 2. The molecule has 2 aromatic carbocycles. The molecule has 0 heterocycles. The molecule has 2 N–H and O–H groups in total. The van der Waals surface area contributed by atoms with E-state index in [1.807, 2.05) is 0 Å². The van der Waals surface area contributed by atoms with E-state index in [-0.39, 0.29) is 11.1 Å². The van der Waals surface area contributed by atoms with Gasteiger partial charge in [0.05, 0.1) is 0 Å². The van der Waals surface area contributed by atoms with E-state index in [1.165, 1.54) is 24.3 Å². The molecule has 0 fully saturated rings. The van der Waals surface area contributed by atoms with Crippen molar-refractivity contribution in [2.75, 3.05) is 0 Å². The van der Waals surface area contributed by atoms with Gasteiger partial charge in [-0.25, -0.2) is 0 Å². The van der Waals surface area contributed by atoms with Gasteiger partial charge in [-0.05, 0) is 0 Å². The zero-order valence-corrected chi connectivity index (χ0v) is 14.9. The van der Waals surface area contributed by atoms with Crippen LogP contribution in [0.15, 0.2) is 60.7 Å². The Kier molecular flexibility index (Phi) is 6.99. The first-order valence-corrected chi connectivity index (χ1v) is 9.13. The standard InChI is InChI=1S/C18H14O6S2/c19-15(20)13(25-17(23)11-7-3-1-4-8-11)14(16(21)22)26-18(24)12-9-5-2-6-10-12/h1-10,13-14H,(H,19,20)(H,21,22). The summed E-state index contributed by atoms with van der Waals surface area (Å²) in [4.78, 5) is 47.6. The molecule has 0 saturated carbocycles. The fourth-order valence-electron chi connectivity index (χ4n) is 2.00. The number of aliphatic carboxylic acids is 2. The van der Waals surface area contributed by atoms with Crippen LogP contribution >= 0.6 is 23.5 Å². The molecule has 6 nitrogen and oxygen atoms in total. The number of benzene rings is 2. The number of thioether (sulfide) groups is 2. The smallest absolute Gasteiger partial charge is 0.318 e. The molecule has 134 valence electrons. The van der Waals surface area contributed by atoms with Crippen molar-refractivity contribution in [1.29, 1.82) is 0 Å². The highest BCUT2D eigenvalue weighted by Crippen LogP contribution is 2.30. The minimum atomic E-state index is -1.61. The molecule has 8 heteroatoms. The fourth-order valence-corrected chi connectivity index (χ4v) is 4.02. The number of carbonyl (C=O) groups is 4. The number of hydrogen-bond acceptors (Lipinski definition) is 6. The summed E-state index contributed by atoms with van der Waals surface area (Å²) < 4.78 is 0. The molecule has 0 amide bonds. The predicted molar refractivity (Wildman–Crippen MR) is 99.6 cm³/mol. The van der Waals surface area contributed by atoms with E-state index in [1.54, 1.807) is 36.4 Å². The molecule has 2 atom stereocenters. The summed E-state index contributed by atoms with van der Waals surface area (Å²) in [6.45, 7) is 0. The van der Waals surface area contributed by atoms with Crippen molar-refractivity contribution in [2.45, 2.75) is 10.5 Å². The van der Waals surface area contributed by atoms with Crippen LogP contribution in [-0.2, 0) is 9.59 Å². The first kappa shape index (κ1) is 19.7. The Balaban J connectivity index is 2.20. The molecule has 26 heavy (non-hydrogen) atoms. The minimum Gasteiger partial charge on any atom is -0.480 e. The van der Waals surface area contributed by atoms with Crippen LogP contribution in [0.3, 0.4) is 0 Å². The summed E-state index contributed by atoms with van der Waals surface area (Å²) in [5, 5.41) is 14.5.